The van der Waals surface area contributed by atoms with E-state index in [1.807, 2.05) is 0 Å². The van der Waals surface area contributed by atoms with Crippen molar-refractivity contribution in [2.24, 2.45) is 0 Å². The Morgan fingerprint density at radius 2 is 2.19 bits per heavy atom. The molecule has 0 radical (unpaired) electrons. The number of amides is 1. The second kappa shape index (κ2) is 9.49. The van der Waals surface area contributed by atoms with Crippen LogP contribution in [0.25, 0.3) is 0 Å². The Morgan fingerprint density at radius 3 is 2.92 bits per heavy atom. The molecule has 1 aromatic heterocycles. The van der Waals surface area contributed by atoms with Gasteiger partial charge in [-0.15, -0.1) is 12.4 Å². The maximum absolute atomic E-state index is 12.4. The lowest BCUT2D eigenvalue weighted by molar-refractivity contribution is -0.0504. The molecule has 9 heteroatoms. The van der Waals surface area contributed by atoms with Crippen LogP contribution in [0.2, 0.25) is 0 Å². The number of hydrogen-bond donors (Lipinski definition) is 2. The third-order valence-corrected chi connectivity index (χ3v) is 4.11. The summed E-state index contributed by atoms with van der Waals surface area (Å²) in [4.78, 5) is 12.3. The lowest BCUT2D eigenvalue weighted by Gasteiger charge is -2.22. The summed E-state index contributed by atoms with van der Waals surface area (Å²) in [6, 6.07) is 8.28. The number of nitrogens with zero attached hydrogens (tertiary/aromatic N) is 2. The van der Waals surface area contributed by atoms with Crippen LogP contribution in [0.3, 0.4) is 0 Å². The molecule has 1 aliphatic rings. The molecule has 0 bridgehead atoms. The van der Waals surface area contributed by atoms with E-state index in [0.717, 1.165) is 25.9 Å². The van der Waals surface area contributed by atoms with Crippen LogP contribution in [-0.4, -0.2) is 35.4 Å². The largest absolute Gasteiger partial charge is 0.434 e. The monoisotopic (exact) mass is 386 g/mol. The third kappa shape index (κ3) is 5.15. The zero-order valence-electron chi connectivity index (χ0n) is 14.0. The zero-order valence-corrected chi connectivity index (χ0v) is 14.8. The van der Waals surface area contributed by atoms with Crippen LogP contribution in [0.5, 0.6) is 5.75 Å². The molecule has 1 amide bonds. The van der Waals surface area contributed by atoms with Gasteiger partial charge in [-0.3, -0.25) is 9.48 Å². The number of nitrogens with one attached hydrogen (secondary N) is 2. The van der Waals surface area contributed by atoms with Gasteiger partial charge in [0.2, 0.25) is 0 Å². The van der Waals surface area contributed by atoms with Crippen molar-refractivity contribution in [1.29, 1.82) is 0 Å². The number of ether oxygens (including phenoxy) is 1. The lowest BCUT2D eigenvalue weighted by atomic mass is 10.1. The van der Waals surface area contributed by atoms with Crippen molar-refractivity contribution >= 4 is 18.3 Å². The van der Waals surface area contributed by atoms with Crippen molar-refractivity contribution in [1.82, 2.24) is 20.4 Å². The minimum atomic E-state index is -2.91. The molecule has 6 nitrogen and oxygen atoms in total. The molecule has 3 rings (SSSR count). The van der Waals surface area contributed by atoms with Crippen molar-refractivity contribution in [3.8, 4) is 5.75 Å². The quantitative estimate of drug-likeness (QED) is 0.801. The maximum atomic E-state index is 12.4. The number of alkyl halides is 2. The highest BCUT2D eigenvalue weighted by atomic mass is 35.5. The fourth-order valence-corrected chi connectivity index (χ4v) is 2.85. The normalized spacial score (nSPS) is 16.8. The summed E-state index contributed by atoms with van der Waals surface area (Å²) < 4.78 is 31.1. The molecule has 0 saturated carbocycles. The van der Waals surface area contributed by atoms with Crippen LogP contribution < -0.4 is 15.4 Å². The van der Waals surface area contributed by atoms with Crippen molar-refractivity contribution in [2.75, 3.05) is 13.1 Å². The number of carbonyl (C=O) groups excluding carboxylic acids is 1. The lowest BCUT2D eigenvalue weighted by Crippen LogP contribution is -2.32. The number of halogens is 3. The van der Waals surface area contributed by atoms with Gasteiger partial charge in [0.05, 0.1) is 6.04 Å². The SMILES string of the molecule is Cl.O=C(NCc1ccccc1OC(F)F)c1ccn(C2CCCNC2)n1. The molecule has 0 aliphatic carbocycles. The Morgan fingerprint density at radius 1 is 1.38 bits per heavy atom. The molecule has 1 atom stereocenters. The fourth-order valence-electron chi connectivity index (χ4n) is 2.85. The summed E-state index contributed by atoms with van der Waals surface area (Å²) in [6.07, 6.45) is 3.89. The van der Waals surface area contributed by atoms with Crippen molar-refractivity contribution in [3.05, 3.63) is 47.8 Å². The average molecular weight is 387 g/mol. The molecule has 1 aliphatic heterocycles. The van der Waals surface area contributed by atoms with Gasteiger partial charge in [0.1, 0.15) is 11.4 Å². The molecule has 1 fully saturated rings. The topological polar surface area (TPSA) is 68.2 Å². The highest BCUT2D eigenvalue weighted by Crippen LogP contribution is 2.20. The third-order valence-electron chi connectivity index (χ3n) is 4.11. The predicted molar refractivity (Wildman–Crippen MR) is 94.9 cm³/mol. The first-order chi connectivity index (χ1) is 12.1. The fraction of sp³-hybridized carbons (Fsp3) is 0.412. The van der Waals surface area contributed by atoms with Gasteiger partial charge in [0, 0.05) is 24.8 Å². The van der Waals surface area contributed by atoms with E-state index in [-0.39, 0.29) is 36.7 Å². The Hall–Kier alpha value is -2.19. The number of carbonyl (C=O) groups is 1. The van der Waals surface area contributed by atoms with Crippen LogP contribution in [0.4, 0.5) is 8.78 Å². The molecule has 1 unspecified atom stereocenters. The summed E-state index contributed by atoms with van der Waals surface area (Å²) in [5, 5.41) is 10.3. The van der Waals surface area contributed by atoms with E-state index in [2.05, 4.69) is 20.5 Å². The first-order valence-electron chi connectivity index (χ1n) is 8.20. The van der Waals surface area contributed by atoms with Crippen molar-refractivity contribution in [2.45, 2.75) is 32.0 Å². The summed E-state index contributed by atoms with van der Waals surface area (Å²) in [7, 11) is 0. The van der Waals surface area contributed by atoms with E-state index in [4.69, 9.17) is 0 Å². The molecule has 2 heterocycles. The van der Waals surface area contributed by atoms with Gasteiger partial charge in [0.25, 0.3) is 5.91 Å². The van der Waals surface area contributed by atoms with Crippen molar-refractivity contribution in [3.63, 3.8) is 0 Å². The van der Waals surface area contributed by atoms with Gasteiger partial charge in [0.15, 0.2) is 0 Å². The van der Waals surface area contributed by atoms with Gasteiger partial charge >= 0.3 is 6.61 Å². The Labute approximate surface area is 156 Å². The molecule has 26 heavy (non-hydrogen) atoms. The van der Waals surface area contributed by atoms with Gasteiger partial charge in [-0.2, -0.15) is 13.9 Å². The van der Waals surface area contributed by atoms with Crippen molar-refractivity contribution < 1.29 is 18.3 Å². The minimum Gasteiger partial charge on any atom is -0.434 e. The van der Waals surface area contributed by atoms with Gasteiger partial charge in [-0.05, 0) is 31.5 Å². The highest BCUT2D eigenvalue weighted by Gasteiger charge is 2.18. The highest BCUT2D eigenvalue weighted by molar-refractivity contribution is 5.92. The van der Waals surface area contributed by atoms with E-state index in [1.165, 1.54) is 6.07 Å². The zero-order chi connectivity index (χ0) is 17.6. The molecule has 2 aromatic rings. The Kier molecular flexibility index (Phi) is 7.35. The number of hydrogen-bond acceptors (Lipinski definition) is 4. The molecular weight excluding hydrogens is 366 g/mol. The Bertz CT molecular complexity index is 720. The van der Waals surface area contributed by atoms with E-state index < -0.39 is 6.61 Å². The number of benzene rings is 1. The van der Waals surface area contributed by atoms with Gasteiger partial charge in [-0.25, -0.2) is 0 Å². The van der Waals surface area contributed by atoms with E-state index in [0.29, 0.717) is 11.3 Å². The first-order valence-corrected chi connectivity index (χ1v) is 8.20. The Balaban J connectivity index is 0.00000243. The molecule has 1 saturated heterocycles. The molecule has 1 aromatic carbocycles. The number of rotatable bonds is 6. The predicted octanol–water partition coefficient (Wildman–Crippen LogP) is 2.76. The van der Waals surface area contributed by atoms with Crippen LogP contribution in [0.15, 0.2) is 36.5 Å². The van der Waals surface area contributed by atoms with E-state index >= 15 is 0 Å². The standard InChI is InChI=1S/C17H20F2N4O2.ClH/c18-17(19)25-15-6-2-1-4-12(15)10-21-16(24)14-7-9-23(22-14)13-5-3-8-20-11-13;/h1-2,4,6-7,9,13,17,20H,3,5,8,10-11H2,(H,21,24);1H. The first kappa shape index (κ1) is 20.1. The maximum Gasteiger partial charge on any atom is 0.387 e. The smallest absolute Gasteiger partial charge is 0.387 e. The minimum absolute atomic E-state index is 0. The summed E-state index contributed by atoms with van der Waals surface area (Å²) in [6.45, 7) is -0.983. The van der Waals surface area contributed by atoms with E-state index in [1.54, 1.807) is 35.1 Å². The second-order valence-electron chi connectivity index (χ2n) is 5.85. The van der Waals surface area contributed by atoms with Crippen LogP contribution >= 0.6 is 12.4 Å². The van der Waals surface area contributed by atoms with Crippen LogP contribution in [-0.2, 0) is 6.54 Å². The van der Waals surface area contributed by atoms with Gasteiger partial charge < -0.3 is 15.4 Å². The number of para-hydroxylation sites is 1. The van der Waals surface area contributed by atoms with Gasteiger partial charge in [-0.1, -0.05) is 18.2 Å². The summed E-state index contributed by atoms with van der Waals surface area (Å²) >= 11 is 0. The average Bonchev–Trinajstić information content (AvgIpc) is 3.11. The second-order valence-corrected chi connectivity index (χ2v) is 5.85. The number of aromatic nitrogens is 2. The van der Waals surface area contributed by atoms with Crippen LogP contribution in [0, 0.1) is 0 Å². The molecule has 2 N–H and O–H groups in total. The molecule has 0 spiro atoms. The summed E-state index contributed by atoms with van der Waals surface area (Å²) in [5.41, 5.74) is 0.782. The van der Waals surface area contributed by atoms with E-state index in [9.17, 15) is 13.6 Å². The van der Waals surface area contributed by atoms with Crippen LogP contribution in [0.1, 0.15) is 34.9 Å². The summed E-state index contributed by atoms with van der Waals surface area (Å²) in [5.74, 6) is -0.300. The molecular formula is C17H21ClF2N4O2. The molecule has 142 valence electrons. The number of piperidine rings is 1.